The van der Waals surface area contributed by atoms with Gasteiger partial charge < -0.3 is 15.4 Å². The Morgan fingerprint density at radius 1 is 1.08 bits per heavy atom. The summed E-state index contributed by atoms with van der Waals surface area (Å²) < 4.78 is 5.44. The quantitative estimate of drug-likeness (QED) is 0.787. The van der Waals surface area contributed by atoms with Gasteiger partial charge in [-0.1, -0.05) is 36.4 Å². The third-order valence-corrected chi connectivity index (χ3v) is 4.94. The summed E-state index contributed by atoms with van der Waals surface area (Å²) >= 11 is 5.49. The van der Waals surface area contributed by atoms with Crippen LogP contribution in [0.2, 0.25) is 0 Å². The van der Waals surface area contributed by atoms with Crippen molar-refractivity contribution in [3.8, 4) is 0 Å². The van der Waals surface area contributed by atoms with Crippen LogP contribution in [0.25, 0.3) is 0 Å². The molecule has 4 nitrogen and oxygen atoms in total. The highest BCUT2D eigenvalue weighted by atomic mass is 32.1. The van der Waals surface area contributed by atoms with Crippen molar-refractivity contribution in [1.29, 1.82) is 0 Å². The Morgan fingerprint density at radius 3 is 2.58 bits per heavy atom. The first-order chi connectivity index (χ1) is 12.6. The predicted octanol–water partition coefficient (Wildman–Crippen LogP) is 3.62. The number of rotatable bonds is 5. The first-order valence-electron chi connectivity index (χ1n) is 9.11. The van der Waals surface area contributed by atoms with Gasteiger partial charge in [0.25, 0.3) is 0 Å². The van der Waals surface area contributed by atoms with Crippen LogP contribution in [0, 0.1) is 13.8 Å². The smallest absolute Gasteiger partial charge is 0.171 e. The number of morpholine rings is 1. The molecule has 2 aromatic carbocycles. The number of hydrogen-bond acceptors (Lipinski definition) is 3. The monoisotopic (exact) mass is 369 g/mol. The van der Waals surface area contributed by atoms with Crippen LogP contribution < -0.4 is 10.6 Å². The van der Waals surface area contributed by atoms with Crippen LogP contribution in [0.15, 0.2) is 42.5 Å². The Hall–Kier alpha value is -1.95. The fraction of sp³-hybridized carbons (Fsp3) is 0.381. The van der Waals surface area contributed by atoms with E-state index in [-0.39, 0.29) is 0 Å². The second kappa shape index (κ2) is 9.12. The number of nitrogens with zero attached hydrogens (tertiary/aromatic N) is 1. The molecule has 1 heterocycles. The Bertz CT molecular complexity index is 757. The molecule has 1 aliphatic heterocycles. The maximum Gasteiger partial charge on any atom is 0.171 e. The van der Waals surface area contributed by atoms with Crippen LogP contribution in [0.5, 0.6) is 0 Å². The van der Waals surface area contributed by atoms with Gasteiger partial charge in [-0.3, -0.25) is 4.90 Å². The lowest BCUT2D eigenvalue weighted by atomic mass is 10.1. The summed E-state index contributed by atoms with van der Waals surface area (Å²) in [5.74, 6) is 0. The topological polar surface area (TPSA) is 36.5 Å². The molecule has 0 amide bonds. The predicted molar refractivity (Wildman–Crippen MR) is 112 cm³/mol. The van der Waals surface area contributed by atoms with E-state index in [1.807, 2.05) is 0 Å². The first-order valence-corrected chi connectivity index (χ1v) is 9.51. The van der Waals surface area contributed by atoms with Crippen LogP contribution in [0.4, 0.5) is 5.69 Å². The zero-order valence-corrected chi connectivity index (χ0v) is 16.4. The van der Waals surface area contributed by atoms with Gasteiger partial charge in [-0.15, -0.1) is 0 Å². The zero-order valence-electron chi connectivity index (χ0n) is 15.5. The van der Waals surface area contributed by atoms with Gasteiger partial charge in [-0.2, -0.15) is 0 Å². The van der Waals surface area contributed by atoms with Crippen molar-refractivity contribution >= 4 is 23.0 Å². The summed E-state index contributed by atoms with van der Waals surface area (Å²) in [5, 5.41) is 7.32. The van der Waals surface area contributed by atoms with Crippen molar-refractivity contribution < 1.29 is 4.74 Å². The number of nitrogens with one attached hydrogen (secondary N) is 2. The minimum atomic E-state index is 0.653. The SMILES string of the molecule is Cc1ccc(C)c(NC(=S)NCc2ccccc2CN2CCOCC2)c1. The van der Waals surface area contributed by atoms with Gasteiger partial charge in [0.2, 0.25) is 0 Å². The highest BCUT2D eigenvalue weighted by Gasteiger charge is 2.12. The van der Waals surface area contributed by atoms with Gasteiger partial charge in [0, 0.05) is 31.9 Å². The average molecular weight is 370 g/mol. The van der Waals surface area contributed by atoms with Crippen molar-refractivity contribution in [2.45, 2.75) is 26.9 Å². The summed E-state index contributed by atoms with van der Waals surface area (Å²) in [6, 6.07) is 14.9. The van der Waals surface area contributed by atoms with E-state index in [0.717, 1.165) is 45.1 Å². The summed E-state index contributed by atoms with van der Waals surface area (Å²) in [6.45, 7) is 9.48. The first kappa shape index (κ1) is 18.8. The van der Waals surface area contributed by atoms with E-state index in [1.165, 1.54) is 22.3 Å². The van der Waals surface area contributed by atoms with Crippen molar-refractivity contribution in [1.82, 2.24) is 10.2 Å². The van der Waals surface area contributed by atoms with E-state index in [2.05, 4.69) is 71.8 Å². The standard InChI is InChI=1S/C21H27N3OS/c1-16-7-8-17(2)20(13-16)23-21(26)22-14-18-5-3-4-6-19(18)15-24-9-11-25-12-10-24/h3-8,13H,9-12,14-15H2,1-2H3,(H2,22,23,26). The number of ether oxygens (including phenoxy) is 1. The molecule has 3 rings (SSSR count). The molecule has 0 bridgehead atoms. The Balaban J connectivity index is 1.58. The Labute approximate surface area is 161 Å². The molecule has 0 atom stereocenters. The van der Waals surface area contributed by atoms with E-state index in [1.54, 1.807) is 0 Å². The van der Waals surface area contributed by atoms with E-state index >= 15 is 0 Å². The molecule has 0 radical (unpaired) electrons. The summed E-state index contributed by atoms with van der Waals surface area (Å²) in [7, 11) is 0. The molecule has 5 heteroatoms. The molecule has 0 aromatic heterocycles. The van der Waals surface area contributed by atoms with Gasteiger partial charge in [-0.25, -0.2) is 0 Å². The Morgan fingerprint density at radius 2 is 1.81 bits per heavy atom. The molecule has 2 N–H and O–H groups in total. The molecule has 0 spiro atoms. The molecule has 138 valence electrons. The zero-order chi connectivity index (χ0) is 18.4. The van der Waals surface area contributed by atoms with Gasteiger partial charge in [0.15, 0.2) is 5.11 Å². The van der Waals surface area contributed by atoms with Crippen molar-refractivity contribution in [3.05, 3.63) is 64.7 Å². The fourth-order valence-electron chi connectivity index (χ4n) is 3.10. The van der Waals surface area contributed by atoms with Gasteiger partial charge in [0.05, 0.1) is 13.2 Å². The van der Waals surface area contributed by atoms with E-state index in [0.29, 0.717) is 5.11 Å². The van der Waals surface area contributed by atoms with E-state index in [9.17, 15) is 0 Å². The van der Waals surface area contributed by atoms with Crippen LogP contribution in [0.3, 0.4) is 0 Å². The molecule has 2 aromatic rings. The molecular weight excluding hydrogens is 342 g/mol. The van der Waals surface area contributed by atoms with Gasteiger partial charge >= 0.3 is 0 Å². The minimum Gasteiger partial charge on any atom is -0.379 e. The average Bonchev–Trinajstić information content (AvgIpc) is 2.65. The van der Waals surface area contributed by atoms with Crippen molar-refractivity contribution in [2.24, 2.45) is 0 Å². The van der Waals surface area contributed by atoms with Crippen LogP contribution in [-0.2, 0) is 17.8 Å². The second-order valence-electron chi connectivity index (χ2n) is 6.78. The number of benzene rings is 2. The van der Waals surface area contributed by atoms with E-state index < -0.39 is 0 Å². The highest BCUT2D eigenvalue weighted by molar-refractivity contribution is 7.80. The van der Waals surface area contributed by atoms with Crippen molar-refractivity contribution in [3.63, 3.8) is 0 Å². The molecular formula is C21H27N3OS. The summed E-state index contributed by atoms with van der Waals surface area (Å²) in [6.07, 6.45) is 0. The summed E-state index contributed by atoms with van der Waals surface area (Å²) in [5.41, 5.74) is 6.09. The number of aryl methyl sites for hydroxylation is 2. The number of anilines is 1. The molecule has 26 heavy (non-hydrogen) atoms. The molecule has 0 saturated carbocycles. The highest BCUT2D eigenvalue weighted by Crippen LogP contribution is 2.17. The molecule has 1 aliphatic rings. The Kier molecular flexibility index (Phi) is 6.61. The van der Waals surface area contributed by atoms with Crippen molar-refractivity contribution in [2.75, 3.05) is 31.6 Å². The normalized spacial score (nSPS) is 14.8. The molecule has 0 aliphatic carbocycles. The lowest BCUT2D eigenvalue weighted by Gasteiger charge is -2.27. The molecule has 1 fully saturated rings. The van der Waals surface area contributed by atoms with Gasteiger partial charge in [0.1, 0.15) is 0 Å². The van der Waals surface area contributed by atoms with E-state index in [4.69, 9.17) is 17.0 Å². The van der Waals surface area contributed by atoms with Gasteiger partial charge in [-0.05, 0) is 54.4 Å². The lowest BCUT2D eigenvalue weighted by molar-refractivity contribution is 0.0341. The second-order valence-corrected chi connectivity index (χ2v) is 7.19. The lowest BCUT2D eigenvalue weighted by Crippen LogP contribution is -2.36. The van der Waals surface area contributed by atoms with Crippen LogP contribution in [0.1, 0.15) is 22.3 Å². The maximum absolute atomic E-state index is 5.49. The van der Waals surface area contributed by atoms with Crippen LogP contribution in [-0.4, -0.2) is 36.3 Å². The third-order valence-electron chi connectivity index (χ3n) is 4.70. The number of hydrogen-bond donors (Lipinski definition) is 2. The molecule has 1 saturated heterocycles. The minimum absolute atomic E-state index is 0.653. The largest absolute Gasteiger partial charge is 0.379 e. The third kappa shape index (κ3) is 5.27. The van der Waals surface area contributed by atoms with Crippen LogP contribution >= 0.6 is 12.2 Å². The molecule has 0 unspecified atom stereocenters. The fourth-order valence-corrected chi connectivity index (χ4v) is 3.28. The maximum atomic E-state index is 5.49. The number of thiocarbonyl (C=S) groups is 1. The summed E-state index contributed by atoms with van der Waals surface area (Å²) in [4.78, 5) is 2.44.